The molecule has 4 heteroatoms. The van der Waals surface area contributed by atoms with E-state index in [2.05, 4.69) is 23.8 Å². The molecular weight excluding hydrogens is 228 g/mol. The Bertz CT molecular complexity index is 558. The first-order chi connectivity index (χ1) is 8.54. The molecule has 18 heavy (non-hydrogen) atoms. The van der Waals surface area contributed by atoms with E-state index >= 15 is 0 Å². The van der Waals surface area contributed by atoms with E-state index in [0.29, 0.717) is 12.3 Å². The minimum absolute atomic E-state index is 0.165. The van der Waals surface area contributed by atoms with Crippen LogP contribution in [0, 0.1) is 5.92 Å². The van der Waals surface area contributed by atoms with Crippen molar-refractivity contribution < 1.29 is 9.90 Å². The predicted molar refractivity (Wildman–Crippen MR) is 70.6 cm³/mol. The van der Waals surface area contributed by atoms with Gasteiger partial charge in [0.2, 0.25) is 0 Å². The molecule has 0 amide bonds. The molecule has 0 saturated heterocycles. The number of rotatable bonds is 5. The Morgan fingerprint density at radius 2 is 2.22 bits per heavy atom. The Kier molecular flexibility index (Phi) is 3.65. The van der Waals surface area contributed by atoms with E-state index in [-0.39, 0.29) is 6.42 Å². The maximum absolute atomic E-state index is 10.5. The van der Waals surface area contributed by atoms with Crippen LogP contribution in [0.25, 0.3) is 11.0 Å². The summed E-state index contributed by atoms with van der Waals surface area (Å²) < 4.78 is 0. The summed E-state index contributed by atoms with van der Waals surface area (Å²) >= 11 is 0. The molecule has 0 unspecified atom stereocenters. The number of hydrogen-bond donors (Lipinski definition) is 2. The highest BCUT2D eigenvalue weighted by atomic mass is 16.4. The average Bonchev–Trinajstić information content (AvgIpc) is 2.66. The van der Waals surface area contributed by atoms with Crippen molar-refractivity contribution in [2.45, 2.75) is 33.1 Å². The molecule has 0 aliphatic heterocycles. The van der Waals surface area contributed by atoms with Crippen LogP contribution in [0.4, 0.5) is 0 Å². The third kappa shape index (κ3) is 3.09. The number of imidazole rings is 1. The molecule has 1 heterocycles. The second-order valence-electron chi connectivity index (χ2n) is 5.03. The first-order valence-electron chi connectivity index (χ1n) is 6.24. The summed E-state index contributed by atoms with van der Waals surface area (Å²) in [5.41, 5.74) is 2.97. The van der Waals surface area contributed by atoms with Crippen LogP contribution in [0.1, 0.15) is 31.7 Å². The van der Waals surface area contributed by atoms with Gasteiger partial charge in [-0.3, -0.25) is 4.79 Å². The molecule has 2 rings (SSSR count). The van der Waals surface area contributed by atoms with Gasteiger partial charge in [0.15, 0.2) is 0 Å². The lowest BCUT2D eigenvalue weighted by molar-refractivity contribution is -0.136. The number of aromatic nitrogens is 2. The summed E-state index contributed by atoms with van der Waals surface area (Å²) in [6.07, 6.45) is 1.65. The summed E-state index contributed by atoms with van der Waals surface area (Å²) in [6.45, 7) is 4.32. The number of carboxylic acids is 1. The topological polar surface area (TPSA) is 66.0 Å². The number of aliphatic carboxylic acids is 1. The quantitative estimate of drug-likeness (QED) is 0.852. The van der Waals surface area contributed by atoms with Crippen LogP contribution in [-0.2, 0) is 17.6 Å². The maximum Gasteiger partial charge on any atom is 0.303 e. The number of H-pyrrole nitrogens is 1. The number of carboxylic acid groups (broad SMARTS) is 1. The predicted octanol–water partition coefficient (Wildman–Crippen LogP) is 2.78. The van der Waals surface area contributed by atoms with E-state index in [1.54, 1.807) is 0 Å². The Hall–Kier alpha value is -1.84. The molecule has 0 aliphatic carbocycles. The Morgan fingerprint density at radius 1 is 1.44 bits per heavy atom. The smallest absolute Gasteiger partial charge is 0.303 e. The molecule has 0 aliphatic rings. The maximum atomic E-state index is 10.5. The van der Waals surface area contributed by atoms with Crippen LogP contribution in [-0.4, -0.2) is 21.0 Å². The van der Waals surface area contributed by atoms with Gasteiger partial charge in [-0.25, -0.2) is 4.98 Å². The number of hydrogen-bond acceptors (Lipinski definition) is 2. The molecule has 2 N–H and O–H groups in total. The first-order valence-corrected chi connectivity index (χ1v) is 6.24. The molecule has 0 bridgehead atoms. The zero-order valence-electron chi connectivity index (χ0n) is 10.7. The second-order valence-corrected chi connectivity index (χ2v) is 5.03. The van der Waals surface area contributed by atoms with Crippen LogP contribution < -0.4 is 0 Å². The number of nitrogens with zero attached hydrogens (tertiary/aromatic N) is 1. The van der Waals surface area contributed by atoms with Crippen LogP contribution >= 0.6 is 0 Å². The summed E-state index contributed by atoms with van der Waals surface area (Å²) in [5.74, 6) is 0.799. The second kappa shape index (κ2) is 5.21. The van der Waals surface area contributed by atoms with Gasteiger partial charge < -0.3 is 10.1 Å². The van der Waals surface area contributed by atoms with Gasteiger partial charge in [0.05, 0.1) is 11.0 Å². The average molecular weight is 246 g/mol. The van der Waals surface area contributed by atoms with E-state index in [0.717, 1.165) is 28.8 Å². The van der Waals surface area contributed by atoms with Crippen molar-refractivity contribution >= 4 is 17.0 Å². The summed E-state index contributed by atoms with van der Waals surface area (Å²) in [4.78, 5) is 18.4. The van der Waals surface area contributed by atoms with Crippen molar-refractivity contribution in [2.24, 2.45) is 5.92 Å². The van der Waals surface area contributed by atoms with E-state index in [1.807, 2.05) is 18.2 Å². The monoisotopic (exact) mass is 246 g/mol. The highest BCUT2D eigenvalue weighted by molar-refractivity contribution is 5.76. The molecule has 0 spiro atoms. The minimum Gasteiger partial charge on any atom is -0.481 e. The number of nitrogens with one attached hydrogen (secondary N) is 1. The standard InChI is InChI=1S/C14H18N2O2/c1-9(2)7-13-15-11-5-3-10(4-6-14(17)18)8-12(11)16-13/h3,5,8-9H,4,6-7H2,1-2H3,(H,15,16)(H,17,18). The zero-order valence-corrected chi connectivity index (χ0v) is 10.7. The molecule has 96 valence electrons. The number of fused-ring (bicyclic) bond motifs is 1. The van der Waals surface area contributed by atoms with Crippen LogP contribution in [0.3, 0.4) is 0 Å². The molecule has 0 fully saturated rings. The fourth-order valence-electron chi connectivity index (χ4n) is 2.00. The fraction of sp³-hybridized carbons (Fsp3) is 0.429. The Morgan fingerprint density at radius 3 is 2.89 bits per heavy atom. The van der Waals surface area contributed by atoms with Crippen molar-refractivity contribution in [3.8, 4) is 0 Å². The number of aromatic amines is 1. The molecule has 1 aromatic heterocycles. The van der Waals surface area contributed by atoms with Crippen molar-refractivity contribution in [1.29, 1.82) is 0 Å². The summed E-state index contributed by atoms with van der Waals surface area (Å²) in [5, 5.41) is 8.67. The van der Waals surface area contributed by atoms with Crippen LogP contribution in [0.2, 0.25) is 0 Å². The van der Waals surface area contributed by atoms with Gasteiger partial charge in [0.25, 0.3) is 0 Å². The number of benzene rings is 1. The molecule has 0 atom stereocenters. The molecular formula is C14H18N2O2. The third-order valence-corrected chi connectivity index (χ3v) is 2.82. The minimum atomic E-state index is -0.764. The largest absolute Gasteiger partial charge is 0.481 e. The van der Waals surface area contributed by atoms with E-state index in [9.17, 15) is 4.79 Å². The summed E-state index contributed by atoms with van der Waals surface area (Å²) in [7, 11) is 0. The lowest BCUT2D eigenvalue weighted by Gasteiger charge is -1.98. The van der Waals surface area contributed by atoms with E-state index in [4.69, 9.17) is 5.11 Å². The van der Waals surface area contributed by atoms with Crippen molar-refractivity contribution in [3.05, 3.63) is 29.6 Å². The van der Waals surface area contributed by atoms with Gasteiger partial charge in [-0.15, -0.1) is 0 Å². The van der Waals surface area contributed by atoms with E-state index < -0.39 is 5.97 Å². The van der Waals surface area contributed by atoms with Gasteiger partial charge in [-0.2, -0.15) is 0 Å². The fourth-order valence-corrected chi connectivity index (χ4v) is 2.00. The molecule has 4 nitrogen and oxygen atoms in total. The first kappa shape index (κ1) is 12.6. The lowest BCUT2D eigenvalue weighted by atomic mass is 10.1. The zero-order chi connectivity index (χ0) is 13.1. The molecule has 2 aromatic rings. The summed E-state index contributed by atoms with van der Waals surface area (Å²) in [6, 6.07) is 5.90. The lowest BCUT2D eigenvalue weighted by Crippen LogP contribution is -1.97. The third-order valence-electron chi connectivity index (χ3n) is 2.82. The van der Waals surface area contributed by atoms with Gasteiger partial charge in [-0.1, -0.05) is 19.9 Å². The van der Waals surface area contributed by atoms with Crippen molar-refractivity contribution in [1.82, 2.24) is 9.97 Å². The van der Waals surface area contributed by atoms with Crippen LogP contribution in [0.5, 0.6) is 0 Å². The van der Waals surface area contributed by atoms with E-state index in [1.165, 1.54) is 0 Å². The Labute approximate surface area is 106 Å². The highest BCUT2D eigenvalue weighted by Crippen LogP contribution is 2.16. The Balaban J connectivity index is 2.19. The van der Waals surface area contributed by atoms with Gasteiger partial charge in [-0.05, 0) is 30.0 Å². The van der Waals surface area contributed by atoms with Gasteiger partial charge in [0.1, 0.15) is 5.82 Å². The van der Waals surface area contributed by atoms with Gasteiger partial charge in [0, 0.05) is 12.8 Å². The van der Waals surface area contributed by atoms with Gasteiger partial charge >= 0.3 is 5.97 Å². The normalized spacial score (nSPS) is 11.3. The van der Waals surface area contributed by atoms with Crippen molar-refractivity contribution in [2.75, 3.05) is 0 Å². The SMILES string of the molecule is CC(C)Cc1nc2ccc(CCC(=O)O)cc2[nH]1. The molecule has 0 radical (unpaired) electrons. The number of aryl methyl sites for hydroxylation is 1. The van der Waals surface area contributed by atoms with Crippen molar-refractivity contribution in [3.63, 3.8) is 0 Å². The number of carbonyl (C=O) groups is 1. The highest BCUT2D eigenvalue weighted by Gasteiger charge is 2.06. The van der Waals surface area contributed by atoms with Crippen LogP contribution in [0.15, 0.2) is 18.2 Å². The molecule has 0 saturated carbocycles. The molecule has 1 aromatic carbocycles.